The first-order valence-electron chi connectivity index (χ1n) is 11.4. The van der Waals surface area contributed by atoms with Crippen molar-refractivity contribution in [1.82, 2.24) is 0 Å². The average molecular weight is 457 g/mol. The molecule has 0 saturated heterocycles. The molecule has 0 atom stereocenters. The lowest BCUT2D eigenvalue weighted by Crippen LogP contribution is -2.32. The van der Waals surface area contributed by atoms with Gasteiger partial charge in [0.05, 0.1) is 15.8 Å². The zero-order valence-corrected chi connectivity index (χ0v) is 18.8. The van der Waals surface area contributed by atoms with Gasteiger partial charge in [-0.25, -0.2) is 0 Å². The second-order valence-electron chi connectivity index (χ2n) is 8.97. The Balaban J connectivity index is 1.61. The zero-order chi connectivity index (χ0) is 22.4. The summed E-state index contributed by atoms with van der Waals surface area (Å²) >= 11 is 6.51. The highest BCUT2D eigenvalue weighted by atomic mass is 35.5. The minimum Gasteiger partial charge on any atom is -0.456 e. The molecule has 0 radical (unpaired) electrons. The van der Waals surface area contributed by atoms with Gasteiger partial charge in [-0.1, -0.05) is 90.5 Å². The van der Waals surface area contributed by atoms with E-state index in [1.165, 1.54) is 22.3 Å². The lowest BCUT2D eigenvalue weighted by atomic mass is 9.66. The third kappa shape index (κ3) is 2.04. The van der Waals surface area contributed by atoms with Gasteiger partial charge >= 0.3 is 0 Å². The quantitative estimate of drug-likeness (QED) is 0.227. The fourth-order valence-corrected chi connectivity index (χ4v) is 6.37. The molecule has 5 aromatic carbocycles. The number of furan rings is 1. The molecule has 3 heteroatoms. The molecule has 0 amide bonds. The normalized spacial score (nSPS) is 14.5. The number of ether oxygens (including phenoxy) is 1. The Bertz CT molecular complexity index is 1760. The van der Waals surface area contributed by atoms with E-state index in [4.69, 9.17) is 20.8 Å². The van der Waals surface area contributed by atoms with Crippen LogP contribution in [0.1, 0.15) is 22.3 Å². The summed E-state index contributed by atoms with van der Waals surface area (Å²) in [7, 11) is 0. The van der Waals surface area contributed by atoms with Gasteiger partial charge in [0.1, 0.15) is 17.1 Å². The minimum atomic E-state index is -0.478. The van der Waals surface area contributed by atoms with Gasteiger partial charge in [-0.15, -0.1) is 0 Å². The van der Waals surface area contributed by atoms with E-state index in [1.54, 1.807) is 0 Å². The van der Waals surface area contributed by atoms with E-state index in [-0.39, 0.29) is 0 Å². The molecule has 1 aromatic heterocycles. The summed E-state index contributed by atoms with van der Waals surface area (Å²) in [6.07, 6.45) is 0. The van der Waals surface area contributed by atoms with Gasteiger partial charge in [0.2, 0.25) is 0 Å². The second-order valence-corrected chi connectivity index (χ2v) is 9.38. The van der Waals surface area contributed by atoms with Crippen molar-refractivity contribution in [3.05, 3.63) is 130 Å². The van der Waals surface area contributed by atoms with Crippen LogP contribution < -0.4 is 4.74 Å². The highest BCUT2D eigenvalue weighted by molar-refractivity contribution is 6.36. The van der Waals surface area contributed by atoms with Crippen molar-refractivity contribution in [2.24, 2.45) is 0 Å². The maximum Gasteiger partial charge on any atom is 0.154 e. The monoisotopic (exact) mass is 456 g/mol. The molecule has 0 N–H and O–H groups in total. The molecule has 0 unspecified atom stereocenters. The average Bonchev–Trinajstić information content (AvgIpc) is 3.41. The van der Waals surface area contributed by atoms with Crippen molar-refractivity contribution in [3.8, 4) is 22.6 Å². The first kappa shape index (κ1) is 18.4. The number of hydrogen-bond donors (Lipinski definition) is 0. The predicted octanol–water partition coefficient (Wildman–Crippen LogP) is 8.71. The first-order valence-corrected chi connectivity index (χ1v) is 11.8. The van der Waals surface area contributed by atoms with Crippen LogP contribution in [0.15, 0.2) is 108 Å². The van der Waals surface area contributed by atoms with E-state index in [0.29, 0.717) is 10.6 Å². The SMILES string of the molecule is Clc1cccc2c1oc1ccc3c(c12)Oc1ccccc1C31c2ccccc2-c2ccccc21. The lowest BCUT2D eigenvalue weighted by molar-refractivity contribution is 0.441. The third-order valence-electron chi connectivity index (χ3n) is 7.43. The lowest BCUT2D eigenvalue weighted by Gasteiger charge is -2.39. The molecule has 0 bridgehead atoms. The molecule has 2 aliphatic rings. The summed E-state index contributed by atoms with van der Waals surface area (Å²) in [4.78, 5) is 0. The predicted molar refractivity (Wildman–Crippen MR) is 136 cm³/mol. The van der Waals surface area contributed by atoms with Gasteiger partial charge in [0.25, 0.3) is 0 Å². The molecule has 2 nitrogen and oxygen atoms in total. The van der Waals surface area contributed by atoms with E-state index < -0.39 is 5.41 Å². The van der Waals surface area contributed by atoms with Gasteiger partial charge in [0, 0.05) is 16.5 Å². The molecule has 0 fully saturated rings. The number of rotatable bonds is 0. The number of halogens is 1. The second kappa shape index (κ2) is 6.31. The molecule has 0 saturated carbocycles. The molecular weight excluding hydrogens is 440 g/mol. The molecule has 6 aromatic rings. The van der Waals surface area contributed by atoms with Gasteiger partial charge < -0.3 is 9.15 Å². The van der Waals surface area contributed by atoms with Crippen LogP contribution in [-0.4, -0.2) is 0 Å². The van der Waals surface area contributed by atoms with E-state index >= 15 is 0 Å². The third-order valence-corrected chi connectivity index (χ3v) is 7.72. The van der Waals surface area contributed by atoms with Crippen molar-refractivity contribution in [3.63, 3.8) is 0 Å². The molecular formula is C31H17ClO2. The van der Waals surface area contributed by atoms with Gasteiger partial charge in [-0.2, -0.15) is 0 Å². The molecule has 34 heavy (non-hydrogen) atoms. The van der Waals surface area contributed by atoms with E-state index in [0.717, 1.165) is 39.0 Å². The van der Waals surface area contributed by atoms with E-state index in [1.807, 2.05) is 18.2 Å². The highest BCUT2D eigenvalue weighted by Crippen LogP contribution is 2.63. The maximum absolute atomic E-state index is 6.71. The van der Waals surface area contributed by atoms with Crippen LogP contribution in [0.4, 0.5) is 0 Å². The van der Waals surface area contributed by atoms with Crippen LogP contribution in [0, 0.1) is 0 Å². The van der Waals surface area contributed by atoms with Crippen molar-refractivity contribution in [2.75, 3.05) is 0 Å². The van der Waals surface area contributed by atoms with Crippen LogP contribution >= 0.6 is 11.6 Å². The smallest absolute Gasteiger partial charge is 0.154 e. The van der Waals surface area contributed by atoms with Crippen LogP contribution in [0.25, 0.3) is 33.1 Å². The molecule has 1 aliphatic carbocycles. The van der Waals surface area contributed by atoms with Crippen molar-refractivity contribution >= 4 is 33.5 Å². The number of para-hydroxylation sites is 2. The Morgan fingerprint density at radius 2 is 1.26 bits per heavy atom. The Morgan fingerprint density at radius 1 is 0.588 bits per heavy atom. The highest BCUT2D eigenvalue weighted by Gasteiger charge is 2.51. The van der Waals surface area contributed by atoms with Gasteiger partial charge in [-0.05, 0) is 46.5 Å². The van der Waals surface area contributed by atoms with Crippen LogP contribution in [0.5, 0.6) is 11.5 Å². The topological polar surface area (TPSA) is 22.4 Å². The summed E-state index contributed by atoms with van der Waals surface area (Å²) in [6, 6.07) is 36.0. The van der Waals surface area contributed by atoms with Crippen LogP contribution in [0.2, 0.25) is 5.02 Å². The summed E-state index contributed by atoms with van der Waals surface area (Å²) in [5.41, 5.74) is 8.35. The molecule has 2 heterocycles. The van der Waals surface area contributed by atoms with Crippen LogP contribution in [-0.2, 0) is 5.41 Å². The standard InChI is InChI=1S/C31H17ClO2/c32-25-14-7-10-20-28-27(34-29(20)25)17-16-24-30(28)33-26-15-6-5-13-23(26)31(24)21-11-3-1-8-18(21)19-9-2-4-12-22(19)31/h1-17H. The van der Waals surface area contributed by atoms with Gasteiger partial charge in [-0.3, -0.25) is 0 Å². The molecule has 1 aliphatic heterocycles. The fourth-order valence-electron chi connectivity index (χ4n) is 6.16. The van der Waals surface area contributed by atoms with E-state index in [9.17, 15) is 0 Å². The summed E-state index contributed by atoms with van der Waals surface area (Å²) in [6.45, 7) is 0. The molecule has 1 spiro atoms. The van der Waals surface area contributed by atoms with Crippen molar-refractivity contribution < 1.29 is 9.15 Å². The summed E-state index contributed by atoms with van der Waals surface area (Å²) in [5, 5.41) is 2.53. The minimum absolute atomic E-state index is 0.478. The Hall–Kier alpha value is -4.01. The molecule has 160 valence electrons. The zero-order valence-electron chi connectivity index (χ0n) is 18.0. The number of hydrogen-bond acceptors (Lipinski definition) is 2. The first-order chi connectivity index (χ1) is 16.8. The van der Waals surface area contributed by atoms with Crippen molar-refractivity contribution in [2.45, 2.75) is 5.41 Å². The van der Waals surface area contributed by atoms with Gasteiger partial charge in [0.15, 0.2) is 5.58 Å². The number of benzene rings is 5. The largest absolute Gasteiger partial charge is 0.456 e. The Labute approximate surface area is 201 Å². The Kier molecular flexibility index (Phi) is 3.42. The number of fused-ring (bicyclic) bond motifs is 13. The maximum atomic E-state index is 6.71. The van der Waals surface area contributed by atoms with Crippen molar-refractivity contribution in [1.29, 1.82) is 0 Å². The fraction of sp³-hybridized carbons (Fsp3) is 0.0323. The van der Waals surface area contributed by atoms with Crippen LogP contribution in [0.3, 0.4) is 0 Å². The van der Waals surface area contributed by atoms with E-state index in [2.05, 4.69) is 84.9 Å². The summed E-state index contributed by atoms with van der Waals surface area (Å²) in [5.74, 6) is 1.70. The Morgan fingerprint density at radius 3 is 2.03 bits per heavy atom. The molecule has 8 rings (SSSR count). The summed E-state index contributed by atoms with van der Waals surface area (Å²) < 4.78 is 12.9.